The Morgan fingerprint density at radius 2 is 1.46 bits per heavy atom. The van der Waals surface area contributed by atoms with E-state index in [2.05, 4.69) is 31.2 Å². The normalized spacial score (nSPS) is 19.9. The molecular formula is C24H30O2. The molecule has 0 amide bonds. The SMILES string of the molecule is CCCC(=O)Oc1ccc(-c2ccc(C3CCC(CC)CC3)cc2)cc1. The number of benzene rings is 2. The topological polar surface area (TPSA) is 26.3 Å². The maximum atomic E-state index is 11.6. The molecule has 1 aliphatic rings. The van der Waals surface area contributed by atoms with Crippen LogP contribution in [-0.2, 0) is 4.79 Å². The molecule has 0 bridgehead atoms. The lowest BCUT2D eigenvalue weighted by Crippen LogP contribution is -2.12. The predicted molar refractivity (Wildman–Crippen MR) is 107 cm³/mol. The smallest absolute Gasteiger partial charge is 0.311 e. The molecule has 1 saturated carbocycles. The van der Waals surface area contributed by atoms with Crippen LogP contribution < -0.4 is 4.74 Å². The lowest BCUT2D eigenvalue weighted by molar-refractivity contribution is -0.134. The summed E-state index contributed by atoms with van der Waals surface area (Å²) in [6.45, 7) is 4.29. The van der Waals surface area contributed by atoms with Gasteiger partial charge in [-0.15, -0.1) is 0 Å². The minimum atomic E-state index is -0.164. The lowest BCUT2D eigenvalue weighted by Gasteiger charge is -2.28. The highest BCUT2D eigenvalue weighted by Crippen LogP contribution is 2.37. The third kappa shape index (κ3) is 4.75. The molecule has 0 atom stereocenters. The van der Waals surface area contributed by atoms with E-state index in [-0.39, 0.29) is 5.97 Å². The highest BCUT2D eigenvalue weighted by Gasteiger charge is 2.21. The number of carbonyl (C=O) groups excluding carboxylic acids is 1. The van der Waals surface area contributed by atoms with Crippen molar-refractivity contribution in [1.82, 2.24) is 0 Å². The van der Waals surface area contributed by atoms with Crippen LogP contribution in [0.4, 0.5) is 0 Å². The molecule has 0 heterocycles. The summed E-state index contributed by atoms with van der Waals surface area (Å²) in [4.78, 5) is 11.6. The summed E-state index contributed by atoms with van der Waals surface area (Å²) >= 11 is 0. The van der Waals surface area contributed by atoms with Crippen molar-refractivity contribution in [3.05, 3.63) is 54.1 Å². The van der Waals surface area contributed by atoms with Gasteiger partial charge in [0.15, 0.2) is 0 Å². The quantitative estimate of drug-likeness (QED) is 0.426. The van der Waals surface area contributed by atoms with Crippen LogP contribution in [0.5, 0.6) is 5.75 Å². The van der Waals surface area contributed by atoms with E-state index in [1.807, 2.05) is 31.2 Å². The predicted octanol–water partition coefficient (Wildman–Crippen LogP) is 6.74. The van der Waals surface area contributed by atoms with E-state index in [1.165, 1.54) is 43.2 Å². The molecule has 0 unspecified atom stereocenters. The summed E-state index contributed by atoms with van der Waals surface area (Å²) in [7, 11) is 0. The van der Waals surface area contributed by atoms with Gasteiger partial charge in [0, 0.05) is 6.42 Å². The van der Waals surface area contributed by atoms with Crippen molar-refractivity contribution in [2.45, 2.75) is 64.7 Å². The molecule has 0 saturated heterocycles. The Morgan fingerprint density at radius 1 is 0.885 bits per heavy atom. The van der Waals surface area contributed by atoms with Crippen molar-refractivity contribution in [2.75, 3.05) is 0 Å². The average Bonchev–Trinajstić information content (AvgIpc) is 2.69. The number of rotatable bonds is 6. The molecule has 138 valence electrons. The summed E-state index contributed by atoms with van der Waals surface area (Å²) in [6.07, 6.45) is 8.01. The molecule has 26 heavy (non-hydrogen) atoms. The molecule has 2 aromatic carbocycles. The van der Waals surface area contributed by atoms with Gasteiger partial charge in [-0.25, -0.2) is 0 Å². The van der Waals surface area contributed by atoms with Gasteiger partial charge >= 0.3 is 5.97 Å². The van der Waals surface area contributed by atoms with Gasteiger partial charge in [-0.3, -0.25) is 4.79 Å². The van der Waals surface area contributed by atoms with Crippen LogP contribution in [-0.4, -0.2) is 5.97 Å². The molecule has 0 radical (unpaired) electrons. The molecule has 0 aromatic heterocycles. The monoisotopic (exact) mass is 350 g/mol. The number of carbonyl (C=O) groups is 1. The fourth-order valence-electron chi connectivity index (χ4n) is 3.95. The summed E-state index contributed by atoms with van der Waals surface area (Å²) in [5, 5.41) is 0. The summed E-state index contributed by atoms with van der Waals surface area (Å²) in [6, 6.07) is 16.8. The van der Waals surface area contributed by atoms with Crippen LogP contribution in [0.3, 0.4) is 0 Å². The third-order valence-corrected chi connectivity index (χ3v) is 5.68. The zero-order valence-corrected chi connectivity index (χ0v) is 16.0. The minimum absolute atomic E-state index is 0.164. The maximum Gasteiger partial charge on any atom is 0.311 e. The molecule has 2 heteroatoms. The Bertz CT molecular complexity index is 692. The molecule has 1 fully saturated rings. The van der Waals surface area contributed by atoms with Crippen molar-refractivity contribution >= 4 is 5.97 Å². The fourth-order valence-corrected chi connectivity index (χ4v) is 3.95. The van der Waals surface area contributed by atoms with E-state index >= 15 is 0 Å². The zero-order valence-electron chi connectivity index (χ0n) is 16.0. The van der Waals surface area contributed by atoms with E-state index in [0.29, 0.717) is 12.2 Å². The molecule has 2 nitrogen and oxygen atoms in total. The molecular weight excluding hydrogens is 320 g/mol. The van der Waals surface area contributed by atoms with Gasteiger partial charge in [0.1, 0.15) is 5.75 Å². The number of hydrogen-bond acceptors (Lipinski definition) is 2. The Kier molecular flexibility index (Phi) is 6.49. The fraction of sp³-hybridized carbons (Fsp3) is 0.458. The van der Waals surface area contributed by atoms with Crippen molar-refractivity contribution in [2.24, 2.45) is 5.92 Å². The van der Waals surface area contributed by atoms with Crippen molar-refractivity contribution in [3.63, 3.8) is 0 Å². The standard InChI is InChI=1S/C24H30O2/c1-3-5-24(25)26-23-16-14-22(15-17-23)21-12-10-20(11-13-21)19-8-6-18(4-2)7-9-19/h10-19H,3-9H2,1-2H3. The second-order valence-electron chi connectivity index (χ2n) is 7.50. The van der Waals surface area contributed by atoms with Gasteiger partial charge in [-0.05, 0) is 72.8 Å². The van der Waals surface area contributed by atoms with Crippen molar-refractivity contribution < 1.29 is 9.53 Å². The van der Waals surface area contributed by atoms with Crippen molar-refractivity contribution in [1.29, 1.82) is 0 Å². The largest absolute Gasteiger partial charge is 0.427 e. The number of ether oxygens (including phenoxy) is 1. The van der Waals surface area contributed by atoms with E-state index in [1.54, 1.807) is 0 Å². The first kappa shape index (κ1) is 18.7. The molecule has 0 spiro atoms. The Hall–Kier alpha value is -2.09. The molecule has 1 aliphatic carbocycles. The number of esters is 1. The first-order chi connectivity index (χ1) is 12.7. The molecule has 0 aliphatic heterocycles. The lowest BCUT2D eigenvalue weighted by atomic mass is 9.77. The Balaban J connectivity index is 1.62. The van der Waals surface area contributed by atoms with E-state index in [0.717, 1.165) is 23.8 Å². The van der Waals surface area contributed by atoms with Crippen LogP contribution in [0.1, 0.15) is 70.3 Å². The van der Waals surface area contributed by atoms with Gasteiger partial charge in [0.05, 0.1) is 0 Å². The molecule has 2 aromatic rings. The van der Waals surface area contributed by atoms with E-state index in [9.17, 15) is 4.79 Å². The van der Waals surface area contributed by atoms with Crippen LogP contribution in [0.25, 0.3) is 11.1 Å². The third-order valence-electron chi connectivity index (χ3n) is 5.68. The first-order valence-electron chi connectivity index (χ1n) is 10.1. The maximum absolute atomic E-state index is 11.6. The summed E-state index contributed by atoms with van der Waals surface area (Å²) < 4.78 is 5.32. The minimum Gasteiger partial charge on any atom is -0.427 e. The van der Waals surface area contributed by atoms with Crippen LogP contribution in [0.15, 0.2) is 48.5 Å². The van der Waals surface area contributed by atoms with E-state index < -0.39 is 0 Å². The van der Waals surface area contributed by atoms with Gasteiger partial charge in [-0.1, -0.05) is 56.7 Å². The van der Waals surface area contributed by atoms with Crippen LogP contribution in [0, 0.1) is 5.92 Å². The molecule has 3 rings (SSSR count). The van der Waals surface area contributed by atoms with E-state index in [4.69, 9.17) is 4.74 Å². The van der Waals surface area contributed by atoms with Gasteiger partial charge in [-0.2, -0.15) is 0 Å². The van der Waals surface area contributed by atoms with Crippen molar-refractivity contribution in [3.8, 4) is 16.9 Å². The van der Waals surface area contributed by atoms with Crippen LogP contribution in [0.2, 0.25) is 0 Å². The summed E-state index contributed by atoms with van der Waals surface area (Å²) in [5.41, 5.74) is 3.84. The second kappa shape index (κ2) is 9.02. The highest BCUT2D eigenvalue weighted by atomic mass is 16.5. The Morgan fingerprint density at radius 3 is 2.00 bits per heavy atom. The highest BCUT2D eigenvalue weighted by molar-refractivity contribution is 5.73. The van der Waals surface area contributed by atoms with Gasteiger partial charge in [0.2, 0.25) is 0 Å². The van der Waals surface area contributed by atoms with Crippen LogP contribution >= 0.6 is 0 Å². The average molecular weight is 351 g/mol. The zero-order chi connectivity index (χ0) is 18.4. The van der Waals surface area contributed by atoms with Gasteiger partial charge < -0.3 is 4.74 Å². The molecule has 0 N–H and O–H groups in total. The van der Waals surface area contributed by atoms with Gasteiger partial charge in [0.25, 0.3) is 0 Å². The summed E-state index contributed by atoms with van der Waals surface area (Å²) in [5.74, 6) is 2.13. The second-order valence-corrected chi connectivity index (χ2v) is 7.50. The Labute approximate surface area is 157 Å². The first-order valence-corrected chi connectivity index (χ1v) is 10.1. The number of hydrogen-bond donors (Lipinski definition) is 0.